The molecule has 0 unspecified atom stereocenters. The molecule has 1 aliphatic carbocycles. The number of carbonyl (C=O) groups is 1. The second kappa shape index (κ2) is 7.06. The van der Waals surface area contributed by atoms with Gasteiger partial charge >= 0.3 is 0 Å². The van der Waals surface area contributed by atoms with Crippen molar-refractivity contribution in [1.82, 2.24) is 5.32 Å². The number of thiophene rings is 1. The van der Waals surface area contributed by atoms with Gasteiger partial charge in [-0.1, -0.05) is 0 Å². The van der Waals surface area contributed by atoms with Crippen LogP contribution in [0.25, 0.3) is 0 Å². The standard InChI is InChI=1S/C15H23NO2S/c1-11-8-10-19-14(11)15(17)16-9-7-12-3-5-13(18-2)6-4-12/h8,10,12-13H,3-7,9H2,1-2H3,(H,16,17). The zero-order valence-corrected chi connectivity index (χ0v) is 12.6. The van der Waals surface area contributed by atoms with E-state index in [0.29, 0.717) is 6.10 Å². The third kappa shape index (κ3) is 4.05. The van der Waals surface area contributed by atoms with Gasteiger partial charge in [-0.2, -0.15) is 0 Å². The Labute approximate surface area is 119 Å². The molecule has 0 aliphatic heterocycles. The lowest BCUT2D eigenvalue weighted by Crippen LogP contribution is -2.27. The molecule has 106 valence electrons. The van der Waals surface area contributed by atoms with Crippen molar-refractivity contribution in [2.75, 3.05) is 13.7 Å². The molecular weight excluding hydrogens is 258 g/mol. The van der Waals surface area contributed by atoms with Crippen LogP contribution in [0.5, 0.6) is 0 Å². The molecule has 1 heterocycles. The number of rotatable bonds is 5. The van der Waals surface area contributed by atoms with E-state index in [-0.39, 0.29) is 5.91 Å². The topological polar surface area (TPSA) is 38.3 Å². The Kier molecular flexibility index (Phi) is 5.40. The number of amides is 1. The first-order valence-corrected chi connectivity index (χ1v) is 7.93. The van der Waals surface area contributed by atoms with Gasteiger partial charge in [0.05, 0.1) is 11.0 Å². The first-order valence-electron chi connectivity index (χ1n) is 7.05. The van der Waals surface area contributed by atoms with Crippen LogP contribution < -0.4 is 5.32 Å². The molecule has 1 N–H and O–H groups in total. The zero-order chi connectivity index (χ0) is 13.7. The van der Waals surface area contributed by atoms with Gasteiger partial charge in [0.15, 0.2) is 0 Å². The minimum absolute atomic E-state index is 0.0816. The van der Waals surface area contributed by atoms with E-state index >= 15 is 0 Å². The number of nitrogens with one attached hydrogen (secondary N) is 1. The Bertz CT molecular complexity index is 408. The lowest BCUT2D eigenvalue weighted by Gasteiger charge is -2.27. The largest absolute Gasteiger partial charge is 0.381 e. The Morgan fingerprint density at radius 2 is 2.16 bits per heavy atom. The number of ether oxygens (including phenoxy) is 1. The van der Waals surface area contributed by atoms with E-state index in [1.54, 1.807) is 7.11 Å². The maximum absolute atomic E-state index is 11.9. The fourth-order valence-electron chi connectivity index (χ4n) is 2.73. The molecule has 2 rings (SSSR count). The molecule has 0 atom stereocenters. The molecule has 0 bridgehead atoms. The quantitative estimate of drug-likeness (QED) is 0.898. The molecule has 1 aromatic rings. The lowest BCUT2D eigenvalue weighted by molar-refractivity contribution is 0.0554. The summed E-state index contributed by atoms with van der Waals surface area (Å²) in [4.78, 5) is 12.8. The van der Waals surface area contributed by atoms with Crippen LogP contribution in [0.3, 0.4) is 0 Å². The zero-order valence-electron chi connectivity index (χ0n) is 11.8. The van der Waals surface area contributed by atoms with E-state index in [1.165, 1.54) is 37.0 Å². The maximum Gasteiger partial charge on any atom is 0.261 e. The molecule has 1 amide bonds. The summed E-state index contributed by atoms with van der Waals surface area (Å²) in [5.41, 5.74) is 1.07. The first-order chi connectivity index (χ1) is 9.20. The molecule has 0 spiro atoms. The van der Waals surface area contributed by atoms with Crippen molar-refractivity contribution in [1.29, 1.82) is 0 Å². The molecule has 1 fully saturated rings. The molecule has 0 saturated heterocycles. The third-order valence-corrected chi connectivity index (χ3v) is 5.05. The summed E-state index contributed by atoms with van der Waals surface area (Å²) in [5.74, 6) is 0.828. The molecule has 1 aromatic heterocycles. The Balaban J connectivity index is 1.67. The van der Waals surface area contributed by atoms with Crippen molar-refractivity contribution in [2.45, 2.75) is 45.1 Å². The van der Waals surface area contributed by atoms with Crippen LogP contribution in [-0.4, -0.2) is 25.7 Å². The number of carbonyl (C=O) groups excluding carboxylic acids is 1. The summed E-state index contributed by atoms with van der Waals surface area (Å²) in [5, 5.41) is 5.01. The first kappa shape index (κ1) is 14.5. The van der Waals surface area contributed by atoms with Gasteiger partial charge in [0, 0.05) is 13.7 Å². The highest BCUT2D eigenvalue weighted by Crippen LogP contribution is 2.27. The van der Waals surface area contributed by atoms with Gasteiger partial charge in [-0.15, -0.1) is 11.3 Å². The molecular formula is C15H23NO2S. The third-order valence-electron chi connectivity index (χ3n) is 4.03. The molecule has 0 aromatic carbocycles. The summed E-state index contributed by atoms with van der Waals surface area (Å²) in [6, 6.07) is 1.99. The van der Waals surface area contributed by atoms with Crippen LogP contribution in [0.4, 0.5) is 0 Å². The van der Waals surface area contributed by atoms with Crippen molar-refractivity contribution < 1.29 is 9.53 Å². The van der Waals surface area contributed by atoms with Crippen molar-refractivity contribution in [3.63, 3.8) is 0 Å². The SMILES string of the molecule is COC1CCC(CCNC(=O)c2sccc2C)CC1. The average molecular weight is 281 g/mol. The van der Waals surface area contributed by atoms with Crippen LogP contribution in [-0.2, 0) is 4.74 Å². The van der Waals surface area contributed by atoms with E-state index < -0.39 is 0 Å². The van der Waals surface area contributed by atoms with Crippen LogP contribution in [0.15, 0.2) is 11.4 Å². The van der Waals surface area contributed by atoms with E-state index in [1.807, 2.05) is 18.4 Å². The van der Waals surface area contributed by atoms with Crippen molar-refractivity contribution in [3.05, 3.63) is 21.9 Å². The van der Waals surface area contributed by atoms with Crippen molar-refractivity contribution in [2.24, 2.45) is 5.92 Å². The van der Waals surface area contributed by atoms with Gasteiger partial charge in [-0.05, 0) is 62.0 Å². The number of methoxy groups -OCH3 is 1. The van der Waals surface area contributed by atoms with Gasteiger partial charge in [0.2, 0.25) is 0 Å². The minimum Gasteiger partial charge on any atom is -0.381 e. The van der Waals surface area contributed by atoms with E-state index in [4.69, 9.17) is 4.74 Å². The highest BCUT2D eigenvalue weighted by molar-refractivity contribution is 7.12. The molecule has 1 aliphatic rings. The monoisotopic (exact) mass is 281 g/mol. The van der Waals surface area contributed by atoms with Gasteiger partial charge < -0.3 is 10.1 Å². The Morgan fingerprint density at radius 1 is 1.42 bits per heavy atom. The van der Waals surface area contributed by atoms with Crippen LogP contribution >= 0.6 is 11.3 Å². The predicted octanol–water partition coefficient (Wildman–Crippen LogP) is 3.38. The summed E-state index contributed by atoms with van der Waals surface area (Å²) < 4.78 is 5.38. The fourth-order valence-corrected chi connectivity index (χ4v) is 3.57. The Hall–Kier alpha value is -0.870. The second-order valence-electron chi connectivity index (χ2n) is 5.36. The summed E-state index contributed by atoms with van der Waals surface area (Å²) in [6.45, 7) is 2.77. The maximum atomic E-state index is 11.9. The lowest BCUT2D eigenvalue weighted by atomic mass is 9.85. The highest BCUT2D eigenvalue weighted by Gasteiger charge is 2.20. The van der Waals surface area contributed by atoms with Crippen LogP contribution in [0, 0.1) is 12.8 Å². The highest BCUT2D eigenvalue weighted by atomic mass is 32.1. The average Bonchev–Trinajstić information content (AvgIpc) is 2.86. The number of hydrogen-bond acceptors (Lipinski definition) is 3. The summed E-state index contributed by atoms with van der Waals surface area (Å²) in [7, 11) is 1.80. The van der Waals surface area contributed by atoms with Gasteiger partial charge in [-0.25, -0.2) is 0 Å². The molecule has 0 radical (unpaired) electrons. The normalized spacial score (nSPS) is 23.3. The van der Waals surface area contributed by atoms with Gasteiger partial charge in [0.25, 0.3) is 5.91 Å². The summed E-state index contributed by atoms with van der Waals surface area (Å²) >= 11 is 1.52. The summed E-state index contributed by atoms with van der Waals surface area (Å²) in [6.07, 6.45) is 6.34. The molecule has 4 heteroatoms. The Morgan fingerprint density at radius 3 is 2.74 bits per heavy atom. The molecule has 1 saturated carbocycles. The van der Waals surface area contributed by atoms with Crippen LogP contribution in [0.2, 0.25) is 0 Å². The van der Waals surface area contributed by atoms with Gasteiger partial charge in [0.1, 0.15) is 0 Å². The van der Waals surface area contributed by atoms with Crippen LogP contribution in [0.1, 0.15) is 47.3 Å². The van der Waals surface area contributed by atoms with Gasteiger partial charge in [-0.3, -0.25) is 4.79 Å². The second-order valence-corrected chi connectivity index (χ2v) is 6.27. The van der Waals surface area contributed by atoms with E-state index in [0.717, 1.165) is 29.3 Å². The number of aryl methyl sites for hydroxylation is 1. The molecule has 3 nitrogen and oxygen atoms in total. The van der Waals surface area contributed by atoms with Crippen molar-refractivity contribution >= 4 is 17.2 Å². The fraction of sp³-hybridized carbons (Fsp3) is 0.667. The van der Waals surface area contributed by atoms with E-state index in [9.17, 15) is 4.79 Å². The number of hydrogen-bond donors (Lipinski definition) is 1. The van der Waals surface area contributed by atoms with Crippen molar-refractivity contribution in [3.8, 4) is 0 Å². The van der Waals surface area contributed by atoms with E-state index in [2.05, 4.69) is 5.32 Å². The minimum atomic E-state index is 0.0816. The smallest absolute Gasteiger partial charge is 0.261 e. The molecule has 19 heavy (non-hydrogen) atoms. The predicted molar refractivity (Wildman–Crippen MR) is 78.8 cm³/mol.